The van der Waals surface area contributed by atoms with Gasteiger partial charge in [-0.05, 0) is 6.72 Å². The van der Waals surface area contributed by atoms with Gasteiger partial charge in [0.05, 0.1) is 6.54 Å². The summed E-state index contributed by atoms with van der Waals surface area (Å²) in [5.41, 5.74) is 0. The van der Waals surface area contributed by atoms with E-state index in [1.165, 1.54) is 0 Å². The number of rotatable bonds is 4. The molecule has 0 saturated carbocycles. The van der Waals surface area contributed by atoms with Crippen molar-refractivity contribution in [1.29, 1.82) is 0 Å². The second kappa shape index (κ2) is 4.78. The zero-order valence-electron chi connectivity index (χ0n) is 5.65. The minimum Gasteiger partial charge on any atom is -0.313 e. The Kier molecular flexibility index (Phi) is 4.56. The fourth-order valence-electron chi connectivity index (χ4n) is 0.432. The first-order valence-corrected chi connectivity index (χ1v) is 2.93. The maximum Gasteiger partial charge on any atom is 0.0507 e. The van der Waals surface area contributed by atoms with Crippen molar-refractivity contribution in [2.75, 3.05) is 13.1 Å². The van der Waals surface area contributed by atoms with Crippen LogP contribution >= 0.6 is 0 Å². The average molecular weight is 114 g/mol. The molecule has 0 atom stereocenters. The molecular formula is C6H14N2. The molecular weight excluding hydrogens is 100 g/mol. The molecule has 0 aromatic carbocycles. The third kappa shape index (κ3) is 5.63. The van der Waals surface area contributed by atoms with Crippen molar-refractivity contribution in [2.45, 2.75) is 19.9 Å². The molecule has 0 aliphatic carbocycles. The summed E-state index contributed by atoms with van der Waals surface area (Å²) in [6.07, 6.45) is 0. The predicted octanol–water partition coefficient (Wildman–Crippen LogP) is 0.685. The molecule has 2 heteroatoms. The van der Waals surface area contributed by atoms with Crippen molar-refractivity contribution in [1.82, 2.24) is 5.32 Å². The molecule has 0 heterocycles. The second-order valence-electron chi connectivity index (χ2n) is 2.06. The number of nitrogens with zero attached hydrogens (tertiary/aromatic N) is 1. The Morgan fingerprint density at radius 1 is 1.62 bits per heavy atom. The van der Waals surface area contributed by atoms with Crippen molar-refractivity contribution in [3.63, 3.8) is 0 Å². The summed E-state index contributed by atoms with van der Waals surface area (Å²) in [5.74, 6) is 0. The van der Waals surface area contributed by atoms with E-state index in [2.05, 4.69) is 30.9 Å². The fourth-order valence-corrected chi connectivity index (χ4v) is 0.432. The van der Waals surface area contributed by atoms with Gasteiger partial charge in [0.2, 0.25) is 0 Å². The van der Waals surface area contributed by atoms with Crippen LogP contribution in [0.15, 0.2) is 4.99 Å². The summed E-state index contributed by atoms with van der Waals surface area (Å²) in [6, 6.07) is 0.566. The smallest absolute Gasteiger partial charge is 0.0507 e. The van der Waals surface area contributed by atoms with Crippen LogP contribution in [-0.2, 0) is 0 Å². The molecule has 0 radical (unpaired) electrons. The number of hydrogen-bond donors (Lipinski definition) is 1. The Bertz CT molecular complexity index is 59.5. The summed E-state index contributed by atoms with van der Waals surface area (Å²) in [7, 11) is 0. The molecule has 0 aromatic rings. The van der Waals surface area contributed by atoms with Crippen molar-refractivity contribution in [2.24, 2.45) is 4.99 Å². The van der Waals surface area contributed by atoms with Crippen LogP contribution in [0.1, 0.15) is 13.8 Å². The predicted molar refractivity (Wildman–Crippen MR) is 37.6 cm³/mol. The van der Waals surface area contributed by atoms with Gasteiger partial charge >= 0.3 is 0 Å². The van der Waals surface area contributed by atoms with E-state index in [1.54, 1.807) is 0 Å². The highest BCUT2D eigenvalue weighted by atomic mass is 14.9. The summed E-state index contributed by atoms with van der Waals surface area (Å²) in [6.45, 7) is 9.36. The molecule has 0 aliphatic heterocycles. The standard InChI is InChI=1S/C6H14N2/c1-6(2)8-5-4-7-3/h6,8H,3-5H2,1-2H3. The van der Waals surface area contributed by atoms with E-state index in [1.807, 2.05) is 0 Å². The molecule has 2 nitrogen and oxygen atoms in total. The lowest BCUT2D eigenvalue weighted by molar-refractivity contribution is 0.597. The number of aliphatic imine (C=N–C) groups is 1. The molecule has 8 heavy (non-hydrogen) atoms. The molecule has 1 N–H and O–H groups in total. The van der Waals surface area contributed by atoms with Gasteiger partial charge in [0.25, 0.3) is 0 Å². The third-order valence-corrected chi connectivity index (χ3v) is 0.823. The van der Waals surface area contributed by atoms with E-state index in [4.69, 9.17) is 0 Å². The molecule has 0 rings (SSSR count). The topological polar surface area (TPSA) is 24.4 Å². The molecule has 0 saturated heterocycles. The number of hydrogen-bond acceptors (Lipinski definition) is 2. The van der Waals surface area contributed by atoms with E-state index in [-0.39, 0.29) is 0 Å². The quantitative estimate of drug-likeness (QED) is 0.422. The molecule has 0 bridgehead atoms. The molecule has 48 valence electrons. The average Bonchev–Trinajstić information content (AvgIpc) is 1.66. The monoisotopic (exact) mass is 114 g/mol. The van der Waals surface area contributed by atoms with Gasteiger partial charge in [-0.15, -0.1) is 0 Å². The van der Waals surface area contributed by atoms with Crippen LogP contribution in [0.3, 0.4) is 0 Å². The minimum atomic E-state index is 0.566. The second-order valence-corrected chi connectivity index (χ2v) is 2.06. The summed E-state index contributed by atoms with van der Waals surface area (Å²) < 4.78 is 0. The Hall–Kier alpha value is -0.370. The third-order valence-electron chi connectivity index (χ3n) is 0.823. The van der Waals surface area contributed by atoms with Crippen molar-refractivity contribution < 1.29 is 0 Å². The van der Waals surface area contributed by atoms with Gasteiger partial charge in [0.15, 0.2) is 0 Å². The van der Waals surface area contributed by atoms with Crippen molar-refractivity contribution >= 4 is 6.72 Å². The first-order valence-electron chi connectivity index (χ1n) is 2.93. The Morgan fingerprint density at radius 3 is 2.62 bits per heavy atom. The van der Waals surface area contributed by atoms with Crippen LogP contribution in [0.5, 0.6) is 0 Å². The first kappa shape index (κ1) is 7.63. The zero-order chi connectivity index (χ0) is 6.41. The Morgan fingerprint density at radius 2 is 2.25 bits per heavy atom. The van der Waals surface area contributed by atoms with E-state index < -0.39 is 0 Å². The van der Waals surface area contributed by atoms with Crippen molar-refractivity contribution in [3.05, 3.63) is 0 Å². The first-order chi connectivity index (χ1) is 3.77. The van der Waals surface area contributed by atoms with Gasteiger partial charge in [-0.2, -0.15) is 0 Å². The highest BCUT2D eigenvalue weighted by Crippen LogP contribution is 1.73. The fraction of sp³-hybridized carbons (Fsp3) is 0.833. The SMILES string of the molecule is C=NCCNC(C)C. The minimum absolute atomic E-state index is 0.566. The lowest BCUT2D eigenvalue weighted by Crippen LogP contribution is -2.25. The van der Waals surface area contributed by atoms with Gasteiger partial charge in [0, 0.05) is 12.6 Å². The highest BCUT2D eigenvalue weighted by molar-refractivity contribution is 5.23. The molecule has 0 unspecified atom stereocenters. The van der Waals surface area contributed by atoms with Gasteiger partial charge in [-0.25, -0.2) is 0 Å². The van der Waals surface area contributed by atoms with Crippen LogP contribution in [0.2, 0.25) is 0 Å². The largest absolute Gasteiger partial charge is 0.313 e. The normalized spacial score (nSPS) is 9.88. The molecule has 0 amide bonds. The van der Waals surface area contributed by atoms with Gasteiger partial charge in [-0.3, -0.25) is 4.99 Å². The molecule has 0 aromatic heterocycles. The van der Waals surface area contributed by atoms with E-state index in [0.717, 1.165) is 13.1 Å². The summed E-state index contributed by atoms with van der Waals surface area (Å²) in [5, 5.41) is 3.21. The van der Waals surface area contributed by atoms with E-state index in [0.29, 0.717) is 6.04 Å². The summed E-state index contributed by atoms with van der Waals surface area (Å²) >= 11 is 0. The molecule has 0 fully saturated rings. The molecule has 0 aliphatic rings. The lowest BCUT2D eigenvalue weighted by atomic mass is 10.4. The maximum atomic E-state index is 3.70. The van der Waals surface area contributed by atoms with Crippen molar-refractivity contribution in [3.8, 4) is 0 Å². The van der Waals surface area contributed by atoms with Gasteiger partial charge < -0.3 is 5.32 Å². The van der Waals surface area contributed by atoms with E-state index in [9.17, 15) is 0 Å². The van der Waals surface area contributed by atoms with Gasteiger partial charge in [0.1, 0.15) is 0 Å². The Labute approximate surface area is 51.0 Å². The van der Waals surface area contributed by atoms with Crippen LogP contribution in [0.25, 0.3) is 0 Å². The maximum absolute atomic E-state index is 3.70. The zero-order valence-corrected chi connectivity index (χ0v) is 5.65. The molecule has 0 spiro atoms. The van der Waals surface area contributed by atoms with Crippen LogP contribution in [0.4, 0.5) is 0 Å². The number of nitrogens with one attached hydrogen (secondary N) is 1. The Balaban J connectivity index is 2.81. The van der Waals surface area contributed by atoms with E-state index >= 15 is 0 Å². The summed E-state index contributed by atoms with van der Waals surface area (Å²) in [4.78, 5) is 3.70. The van der Waals surface area contributed by atoms with Crippen LogP contribution in [-0.4, -0.2) is 25.8 Å². The van der Waals surface area contributed by atoms with Gasteiger partial charge in [-0.1, -0.05) is 13.8 Å². The lowest BCUT2D eigenvalue weighted by Gasteiger charge is -2.03. The van der Waals surface area contributed by atoms with Crippen LogP contribution < -0.4 is 5.32 Å². The van der Waals surface area contributed by atoms with Crippen LogP contribution in [0, 0.1) is 0 Å². The highest BCUT2D eigenvalue weighted by Gasteiger charge is 1.86.